The molecular formula is C23H20N2O3S. The van der Waals surface area contributed by atoms with Gasteiger partial charge in [-0.3, -0.25) is 4.79 Å². The van der Waals surface area contributed by atoms with E-state index in [1.807, 2.05) is 36.4 Å². The van der Waals surface area contributed by atoms with Crippen molar-refractivity contribution in [2.75, 3.05) is 20.3 Å². The van der Waals surface area contributed by atoms with Crippen molar-refractivity contribution in [3.05, 3.63) is 83.4 Å². The van der Waals surface area contributed by atoms with Crippen molar-refractivity contribution in [2.45, 2.75) is 9.79 Å². The predicted octanol–water partition coefficient (Wildman–Crippen LogP) is 4.40. The fourth-order valence-corrected chi connectivity index (χ4v) is 4.13. The average molecular weight is 404 g/mol. The number of nitrogens with zero attached hydrogens (tertiary/aromatic N) is 1. The Bertz CT molecular complexity index is 1090. The molecule has 0 unspecified atom stereocenters. The molecule has 0 saturated heterocycles. The molecule has 0 saturated carbocycles. The molecule has 4 rings (SSSR count). The van der Waals surface area contributed by atoms with E-state index in [9.17, 15) is 9.90 Å². The second kappa shape index (κ2) is 8.51. The molecule has 0 fully saturated rings. The van der Waals surface area contributed by atoms with E-state index in [1.54, 1.807) is 43.1 Å². The van der Waals surface area contributed by atoms with Crippen molar-refractivity contribution < 1.29 is 14.6 Å². The van der Waals surface area contributed by atoms with Gasteiger partial charge in [0.25, 0.3) is 5.91 Å². The zero-order valence-corrected chi connectivity index (χ0v) is 16.7. The topological polar surface area (TPSA) is 70.9 Å². The molecule has 0 spiro atoms. The maximum Gasteiger partial charge on any atom is 0.251 e. The Labute approximate surface area is 173 Å². The first kappa shape index (κ1) is 19.2. The Balaban J connectivity index is 1.79. The normalized spacial score (nSPS) is 12.4. The highest BCUT2D eigenvalue weighted by molar-refractivity contribution is 7.99. The number of aliphatic imine (C=N–C) groups is 1. The lowest BCUT2D eigenvalue weighted by Gasteiger charge is -2.09. The van der Waals surface area contributed by atoms with Gasteiger partial charge in [0.05, 0.1) is 18.0 Å². The van der Waals surface area contributed by atoms with E-state index in [1.165, 1.54) is 0 Å². The second-order valence-electron chi connectivity index (χ2n) is 6.54. The quantitative estimate of drug-likeness (QED) is 0.484. The Morgan fingerprint density at radius 1 is 1.07 bits per heavy atom. The minimum Gasteiger partial charge on any atom is -0.508 e. The number of carbonyl (C=O) groups excluding carboxylic acids is 1. The Kier molecular flexibility index (Phi) is 5.64. The standard InChI is InChI=1S/C23H20N2O3S/c1-28-12-11-24-23(27)16-9-10-21-19(14-16)25-22(15-5-4-6-17(26)13-15)18-7-2-3-8-20(18)29-21/h2-10,13-14,26H,11-12H2,1H3,(H,24,27). The molecule has 1 heterocycles. The molecule has 0 atom stereocenters. The summed E-state index contributed by atoms with van der Waals surface area (Å²) < 4.78 is 4.98. The summed E-state index contributed by atoms with van der Waals surface area (Å²) in [4.78, 5) is 19.4. The maximum atomic E-state index is 12.5. The summed E-state index contributed by atoms with van der Waals surface area (Å²) in [5.41, 5.74) is 3.85. The van der Waals surface area contributed by atoms with Crippen molar-refractivity contribution in [1.29, 1.82) is 0 Å². The number of ether oxygens (including phenoxy) is 1. The minimum atomic E-state index is -0.161. The number of hydrogen-bond acceptors (Lipinski definition) is 5. The zero-order valence-electron chi connectivity index (χ0n) is 15.9. The number of carbonyl (C=O) groups is 1. The lowest BCUT2D eigenvalue weighted by molar-refractivity contribution is 0.0937. The van der Waals surface area contributed by atoms with E-state index < -0.39 is 0 Å². The number of nitrogens with one attached hydrogen (secondary N) is 1. The highest BCUT2D eigenvalue weighted by atomic mass is 32.2. The first-order valence-electron chi connectivity index (χ1n) is 9.22. The molecule has 0 radical (unpaired) electrons. The molecule has 3 aromatic carbocycles. The van der Waals surface area contributed by atoms with Gasteiger partial charge in [0.2, 0.25) is 0 Å². The van der Waals surface area contributed by atoms with Crippen LogP contribution in [0.1, 0.15) is 21.5 Å². The number of rotatable bonds is 5. The van der Waals surface area contributed by atoms with E-state index in [0.717, 1.165) is 32.3 Å². The molecular weight excluding hydrogens is 384 g/mol. The molecule has 0 aliphatic carbocycles. The number of amides is 1. The van der Waals surface area contributed by atoms with Crippen LogP contribution in [0.2, 0.25) is 0 Å². The summed E-state index contributed by atoms with van der Waals surface area (Å²) in [7, 11) is 1.60. The van der Waals surface area contributed by atoms with Crippen LogP contribution >= 0.6 is 11.8 Å². The molecule has 1 amide bonds. The summed E-state index contributed by atoms with van der Waals surface area (Å²) >= 11 is 1.62. The van der Waals surface area contributed by atoms with Crippen molar-refractivity contribution in [3.63, 3.8) is 0 Å². The summed E-state index contributed by atoms with van der Waals surface area (Å²) in [6, 6.07) is 20.7. The molecule has 0 bridgehead atoms. The molecule has 1 aliphatic heterocycles. The third kappa shape index (κ3) is 4.18. The van der Waals surface area contributed by atoms with Gasteiger partial charge in [-0.1, -0.05) is 42.1 Å². The number of benzene rings is 3. The average Bonchev–Trinajstić information content (AvgIpc) is 2.90. The number of methoxy groups -OCH3 is 1. The smallest absolute Gasteiger partial charge is 0.251 e. The van der Waals surface area contributed by atoms with Crippen LogP contribution in [0.4, 0.5) is 5.69 Å². The monoisotopic (exact) mass is 404 g/mol. The Morgan fingerprint density at radius 3 is 2.76 bits per heavy atom. The third-order valence-electron chi connectivity index (χ3n) is 4.53. The minimum absolute atomic E-state index is 0.161. The van der Waals surface area contributed by atoms with Gasteiger partial charge >= 0.3 is 0 Å². The van der Waals surface area contributed by atoms with Crippen LogP contribution in [0.15, 0.2) is 81.5 Å². The lowest BCUT2D eigenvalue weighted by Crippen LogP contribution is -2.26. The van der Waals surface area contributed by atoms with Crippen LogP contribution in [0, 0.1) is 0 Å². The van der Waals surface area contributed by atoms with Gasteiger partial charge in [-0.25, -0.2) is 4.99 Å². The van der Waals surface area contributed by atoms with E-state index in [4.69, 9.17) is 9.73 Å². The fraction of sp³-hybridized carbons (Fsp3) is 0.130. The number of phenolic OH excluding ortho intramolecular Hbond substituents is 1. The molecule has 0 aromatic heterocycles. The largest absolute Gasteiger partial charge is 0.508 e. The van der Waals surface area contributed by atoms with Crippen molar-refractivity contribution in [2.24, 2.45) is 4.99 Å². The summed E-state index contributed by atoms with van der Waals surface area (Å²) in [6.45, 7) is 0.909. The zero-order chi connectivity index (χ0) is 20.2. The first-order chi connectivity index (χ1) is 14.2. The number of fused-ring (bicyclic) bond motifs is 2. The van der Waals surface area contributed by atoms with Crippen LogP contribution in [-0.4, -0.2) is 37.0 Å². The first-order valence-corrected chi connectivity index (χ1v) is 10.0. The number of aromatic hydroxyl groups is 1. The van der Waals surface area contributed by atoms with Crippen LogP contribution < -0.4 is 5.32 Å². The highest BCUT2D eigenvalue weighted by Gasteiger charge is 2.20. The van der Waals surface area contributed by atoms with Gasteiger partial charge in [0.1, 0.15) is 5.75 Å². The Hall–Kier alpha value is -3.09. The maximum absolute atomic E-state index is 12.5. The molecule has 146 valence electrons. The van der Waals surface area contributed by atoms with Gasteiger partial charge in [0.15, 0.2) is 0 Å². The van der Waals surface area contributed by atoms with Gasteiger partial charge in [-0.05, 0) is 36.4 Å². The number of phenols is 1. The van der Waals surface area contributed by atoms with E-state index in [0.29, 0.717) is 18.7 Å². The fourth-order valence-electron chi connectivity index (χ4n) is 3.12. The van der Waals surface area contributed by atoms with Crippen molar-refractivity contribution >= 4 is 29.1 Å². The lowest BCUT2D eigenvalue weighted by atomic mass is 10.0. The molecule has 5 nitrogen and oxygen atoms in total. The summed E-state index contributed by atoms with van der Waals surface area (Å²) in [5.74, 6) is 0.0248. The van der Waals surface area contributed by atoms with Gasteiger partial charge < -0.3 is 15.2 Å². The van der Waals surface area contributed by atoms with Crippen LogP contribution in [0.5, 0.6) is 5.75 Å². The molecule has 3 aromatic rings. The van der Waals surface area contributed by atoms with E-state index >= 15 is 0 Å². The number of hydrogen-bond donors (Lipinski definition) is 2. The van der Waals surface area contributed by atoms with Gasteiger partial charge in [0, 0.05) is 40.1 Å². The molecule has 1 aliphatic rings. The molecule has 6 heteroatoms. The van der Waals surface area contributed by atoms with Gasteiger partial charge in [-0.15, -0.1) is 0 Å². The van der Waals surface area contributed by atoms with Crippen molar-refractivity contribution in [1.82, 2.24) is 5.32 Å². The second-order valence-corrected chi connectivity index (χ2v) is 7.62. The van der Waals surface area contributed by atoms with Crippen LogP contribution in [0.25, 0.3) is 0 Å². The van der Waals surface area contributed by atoms with E-state index in [-0.39, 0.29) is 11.7 Å². The summed E-state index contributed by atoms with van der Waals surface area (Å²) in [6.07, 6.45) is 0. The molecule has 29 heavy (non-hydrogen) atoms. The van der Waals surface area contributed by atoms with Crippen LogP contribution in [-0.2, 0) is 4.74 Å². The SMILES string of the molecule is COCCNC(=O)c1ccc2c(c1)N=C(c1cccc(O)c1)c1ccccc1S2. The van der Waals surface area contributed by atoms with Gasteiger partial charge in [-0.2, -0.15) is 0 Å². The van der Waals surface area contributed by atoms with Crippen molar-refractivity contribution in [3.8, 4) is 5.75 Å². The third-order valence-corrected chi connectivity index (χ3v) is 5.67. The van der Waals surface area contributed by atoms with Crippen LogP contribution in [0.3, 0.4) is 0 Å². The molecule has 2 N–H and O–H groups in total. The summed E-state index contributed by atoms with van der Waals surface area (Å²) in [5, 5.41) is 12.8. The Morgan fingerprint density at radius 2 is 1.93 bits per heavy atom. The predicted molar refractivity (Wildman–Crippen MR) is 115 cm³/mol. The van der Waals surface area contributed by atoms with E-state index in [2.05, 4.69) is 11.4 Å². The highest BCUT2D eigenvalue weighted by Crippen LogP contribution is 2.41.